The molecule has 6 heteroatoms. The van der Waals surface area contributed by atoms with Gasteiger partial charge in [0.05, 0.1) is 17.6 Å². The van der Waals surface area contributed by atoms with Gasteiger partial charge >= 0.3 is 0 Å². The highest BCUT2D eigenvalue weighted by molar-refractivity contribution is 9.10. The van der Waals surface area contributed by atoms with E-state index >= 15 is 0 Å². The third kappa shape index (κ3) is 4.55. The lowest BCUT2D eigenvalue weighted by Crippen LogP contribution is -2.22. The molecule has 1 aromatic carbocycles. The Morgan fingerprint density at radius 2 is 2.05 bits per heavy atom. The quantitative estimate of drug-likeness (QED) is 0.816. The molecule has 0 heterocycles. The number of carbonyl (C=O) groups excluding carboxylic acids is 2. The van der Waals surface area contributed by atoms with Gasteiger partial charge in [-0.1, -0.05) is 22.9 Å². The van der Waals surface area contributed by atoms with Gasteiger partial charge in [-0.25, -0.2) is 0 Å². The van der Waals surface area contributed by atoms with Crippen LogP contribution in [0.15, 0.2) is 18.2 Å². The maximum atomic E-state index is 11.7. The van der Waals surface area contributed by atoms with Gasteiger partial charge < -0.3 is 15.4 Å². The van der Waals surface area contributed by atoms with Crippen molar-refractivity contribution in [3.8, 4) is 5.75 Å². The highest BCUT2D eigenvalue weighted by Gasteiger charge is 2.13. The molecule has 0 aliphatic rings. The Morgan fingerprint density at radius 1 is 1.37 bits per heavy atom. The first kappa shape index (κ1) is 15.5. The summed E-state index contributed by atoms with van der Waals surface area (Å²) in [6.45, 7) is 3.34. The Kier molecular flexibility index (Phi) is 5.82. The van der Waals surface area contributed by atoms with E-state index < -0.39 is 0 Å². The Morgan fingerprint density at radius 3 is 2.58 bits per heavy atom. The van der Waals surface area contributed by atoms with Crippen molar-refractivity contribution >= 4 is 39.1 Å². The Labute approximate surface area is 120 Å². The number of benzene rings is 1. The molecule has 1 aromatic rings. The lowest BCUT2D eigenvalue weighted by molar-refractivity contribution is -0.116. The number of hydrogen-bond donors (Lipinski definition) is 2. The van der Waals surface area contributed by atoms with Crippen LogP contribution in [0.4, 0.5) is 11.4 Å². The van der Waals surface area contributed by atoms with Gasteiger partial charge in [0.1, 0.15) is 5.75 Å². The summed E-state index contributed by atoms with van der Waals surface area (Å²) < 4.78 is 5.18. The first-order chi connectivity index (χ1) is 8.97. The van der Waals surface area contributed by atoms with Crippen LogP contribution in [-0.4, -0.2) is 23.8 Å². The lowest BCUT2D eigenvalue weighted by Gasteiger charge is -2.13. The van der Waals surface area contributed by atoms with E-state index in [1.54, 1.807) is 18.2 Å². The minimum absolute atomic E-state index is 0.114. The molecule has 0 saturated carbocycles. The van der Waals surface area contributed by atoms with Gasteiger partial charge in [-0.2, -0.15) is 0 Å². The van der Waals surface area contributed by atoms with Gasteiger partial charge in [-0.3, -0.25) is 9.59 Å². The second-order valence-electron chi connectivity index (χ2n) is 3.96. The van der Waals surface area contributed by atoms with Crippen molar-refractivity contribution < 1.29 is 14.3 Å². The molecular weight excluding hydrogens is 312 g/mol. The number of halogens is 1. The smallest absolute Gasteiger partial charge is 0.238 e. The molecule has 0 fully saturated rings. The standard InChI is InChI=1S/C13H17BrN2O3/c1-4-10(14)13(18)16-9-5-6-11(15-8(2)17)12(7-9)19-3/h5-7,10H,4H2,1-3H3,(H,15,17)(H,16,18). The fourth-order valence-electron chi connectivity index (χ4n) is 1.47. The number of anilines is 2. The van der Waals surface area contributed by atoms with Crippen molar-refractivity contribution in [2.45, 2.75) is 25.1 Å². The van der Waals surface area contributed by atoms with Gasteiger partial charge in [-0.05, 0) is 18.6 Å². The highest BCUT2D eigenvalue weighted by Crippen LogP contribution is 2.28. The monoisotopic (exact) mass is 328 g/mol. The SMILES string of the molecule is CCC(Br)C(=O)Nc1ccc(NC(C)=O)c(OC)c1. The number of hydrogen-bond acceptors (Lipinski definition) is 3. The molecule has 0 aromatic heterocycles. The summed E-state index contributed by atoms with van der Waals surface area (Å²) in [6.07, 6.45) is 0.701. The van der Waals surface area contributed by atoms with E-state index in [1.807, 2.05) is 6.92 Å². The normalized spacial score (nSPS) is 11.6. The van der Waals surface area contributed by atoms with Crippen molar-refractivity contribution in [2.24, 2.45) is 0 Å². The molecule has 2 N–H and O–H groups in total. The average molecular weight is 329 g/mol. The maximum absolute atomic E-state index is 11.7. The summed E-state index contributed by atoms with van der Waals surface area (Å²) in [4.78, 5) is 22.5. The number of amides is 2. The van der Waals surface area contributed by atoms with Crippen LogP contribution in [0.3, 0.4) is 0 Å². The molecule has 0 aliphatic heterocycles. The summed E-state index contributed by atoms with van der Waals surface area (Å²) in [5.74, 6) is 0.203. The van der Waals surface area contributed by atoms with E-state index in [0.717, 1.165) is 0 Å². The van der Waals surface area contributed by atoms with E-state index in [4.69, 9.17) is 4.74 Å². The van der Waals surface area contributed by atoms with Gasteiger partial charge in [0.2, 0.25) is 11.8 Å². The largest absolute Gasteiger partial charge is 0.494 e. The van der Waals surface area contributed by atoms with Crippen molar-refractivity contribution in [3.05, 3.63) is 18.2 Å². The maximum Gasteiger partial charge on any atom is 0.238 e. The second kappa shape index (κ2) is 7.13. The van der Waals surface area contributed by atoms with Crippen LogP contribution in [0.2, 0.25) is 0 Å². The zero-order valence-corrected chi connectivity index (χ0v) is 12.7. The summed E-state index contributed by atoms with van der Waals surface area (Å²) >= 11 is 3.28. The van der Waals surface area contributed by atoms with Crippen molar-refractivity contribution in [3.63, 3.8) is 0 Å². The average Bonchev–Trinajstić information content (AvgIpc) is 2.38. The molecule has 0 saturated heterocycles. The fraction of sp³-hybridized carbons (Fsp3) is 0.385. The minimum Gasteiger partial charge on any atom is -0.494 e. The number of carbonyl (C=O) groups is 2. The zero-order chi connectivity index (χ0) is 14.4. The second-order valence-corrected chi connectivity index (χ2v) is 5.07. The fourth-order valence-corrected chi connectivity index (χ4v) is 1.58. The Balaban J connectivity index is 2.87. The van der Waals surface area contributed by atoms with Crippen molar-refractivity contribution in [2.75, 3.05) is 17.7 Å². The molecule has 0 radical (unpaired) electrons. The van der Waals surface area contributed by atoms with Crippen LogP contribution in [0, 0.1) is 0 Å². The van der Waals surface area contributed by atoms with Crippen LogP contribution >= 0.6 is 15.9 Å². The van der Waals surface area contributed by atoms with Crippen LogP contribution in [0.1, 0.15) is 20.3 Å². The summed E-state index contributed by atoms with van der Waals surface area (Å²) in [5, 5.41) is 5.42. The van der Waals surface area contributed by atoms with Crippen LogP contribution in [0.25, 0.3) is 0 Å². The molecule has 1 atom stereocenters. The number of ether oxygens (including phenoxy) is 1. The molecule has 19 heavy (non-hydrogen) atoms. The number of alkyl halides is 1. The summed E-state index contributed by atoms with van der Waals surface area (Å²) in [7, 11) is 1.51. The molecule has 5 nitrogen and oxygen atoms in total. The number of nitrogens with one attached hydrogen (secondary N) is 2. The van der Waals surface area contributed by atoms with Gasteiger partial charge in [0, 0.05) is 18.7 Å². The summed E-state index contributed by atoms with van der Waals surface area (Å²) in [5.41, 5.74) is 1.19. The van der Waals surface area contributed by atoms with Crippen molar-refractivity contribution in [1.82, 2.24) is 0 Å². The van der Waals surface area contributed by atoms with Gasteiger partial charge in [0.15, 0.2) is 0 Å². The minimum atomic E-state index is -0.228. The van der Waals surface area contributed by atoms with Crippen LogP contribution < -0.4 is 15.4 Å². The number of methoxy groups -OCH3 is 1. The molecule has 0 spiro atoms. The molecule has 1 rings (SSSR count). The third-order valence-electron chi connectivity index (χ3n) is 2.42. The van der Waals surface area contributed by atoms with Gasteiger partial charge in [0.25, 0.3) is 0 Å². The predicted octanol–water partition coefficient (Wildman–Crippen LogP) is 2.77. The zero-order valence-electron chi connectivity index (χ0n) is 11.1. The first-order valence-electron chi connectivity index (χ1n) is 5.88. The highest BCUT2D eigenvalue weighted by atomic mass is 79.9. The van der Waals surface area contributed by atoms with E-state index in [-0.39, 0.29) is 16.6 Å². The van der Waals surface area contributed by atoms with E-state index in [0.29, 0.717) is 23.5 Å². The predicted molar refractivity (Wildman–Crippen MR) is 78.9 cm³/mol. The molecule has 1 unspecified atom stereocenters. The number of rotatable bonds is 5. The summed E-state index contributed by atoms with van der Waals surface area (Å²) in [6, 6.07) is 5.06. The van der Waals surface area contributed by atoms with Crippen molar-refractivity contribution in [1.29, 1.82) is 0 Å². The molecule has 104 valence electrons. The molecule has 0 bridgehead atoms. The van der Waals surface area contributed by atoms with E-state index in [1.165, 1.54) is 14.0 Å². The molecule has 0 aliphatic carbocycles. The topological polar surface area (TPSA) is 67.4 Å². The van der Waals surface area contributed by atoms with Crippen LogP contribution in [0.5, 0.6) is 5.75 Å². The van der Waals surface area contributed by atoms with Crippen LogP contribution in [-0.2, 0) is 9.59 Å². The third-order valence-corrected chi connectivity index (χ3v) is 3.49. The van der Waals surface area contributed by atoms with E-state index in [9.17, 15) is 9.59 Å². The lowest BCUT2D eigenvalue weighted by atomic mass is 10.2. The Bertz CT molecular complexity index is 477. The molecule has 2 amide bonds. The molecular formula is C13H17BrN2O3. The Hall–Kier alpha value is -1.56. The first-order valence-corrected chi connectivity index (χ1v) is 6.80. The van der Waals surface area contributed by atoms with E-state index in [2.05, 4.69) is 26.6 Å². The van der Waals surface area contributed by atoms with Gasteiger partial charge in [-0.15, -0.1) is 0 Å².